The lowest BCUT2D eigenvalue weighted by Crippen LogP contribution is -2.12. The highest BCUT2D eigenvalue weighted by Crippen LogP contribution is 2.34. The van der Waals surface area contributed by atoms with Gasteiger partial charge in [-0.15, -0.1) is 0 Å². The van der Waals surface area contributed by atoms with Gasteiger partial charge in [-0.3, -0.25) is 10.1 Å². The van der Waals surface area contributed by atoms with E-state index in [-0.39, 0.29) is 17.7 Å². The van der Waals surface area contributed by atoms with Gasteiger partial charge in [-0.2, -0.15) is 13.2 Å². The van der Waals surface area contributed by atoms with Gasteiger partial charge in [-0.1, -0.05) is 11.2 Å². The lowest BCUT2D eigenvalue weighted by Gasteiger charge is -2.12. The van der Waals surface area contributed by atoms with Crippen molar-refractivity contribution < 1.29 is 23.3 Å². The molecule has 0 radical (unpaired) electrons. The highest BCUT2D eigenvalue weighted by atomic mass is 19.4. The summed E-state index contributed by atoms with van der Waals surface area (Å²) in [7, 11) is 0. The van der Waals surface area contributed by atoms with Crippen LogP contribution < -0.4 is 0 Å². The quantitative estimate of drug-likeness (QED) is 0.393. The first kappa shape index (κ1) is 13.9. The Hall–Kier alpha value is -2.12. The molecule has 0 aliphatic carbocycles. The molecular weight excluding hydrogens is 253 g/mol. The summed E-state index contributed by atoms with van der Waals surface area (Å²) in [6, 6.07) is 2.46. The van der Waals surface area contributed by atoms with E-state index in [1.807, 2.05) is 0 Å². The molecule has 0 heterocycles. The Labute approximate surface area is 99.7 Å². The third-order valence-corrected chi connectivity index (χ3v) is 2.23. The molecule has 0 saturated heterocycles. The monoisotopic (exact) mass is 262 g/mol. The zero-order valence-corrected chi connectivity index (χ0v) is 9.23. The standard InChI is InChI=1S/C10H9F3N2O3/c1-6(14-16)4-7-2-3-8(15(17)18)5-9(7)10(11,12)13/h2-3,5,16H,4H2,1H3. The number of benzene rings is 1. The summed E-state index contributed by atoms with van der Waals surface area (Å²) in [5.41, 5.74) is -1.83. The Morgan fingerprint density at radius 1 is 1.50 bits per heavy atom. The summed E-state index contributed by atoms with van der Waals surface area (Å²) < 4.78 is 38.2. The Kier molecular flexibility index (Phi) is 3.89. The van der Waals surface area contributed by atoms with Crippen LogP contribution in [0.5, 0.6) is 0 Å². The van der Waals surface area contributed by atoms with Crippen LogP contribution in [0.1, 0.15) is 18.1 Å². The number of nitrogens with zero attached hydrogens (tertiary/aromatic N) is 2. The third kappa shape index (κ3) is 3.19. The van der Waals surface area contributed by atoms with Crippen LogP contribution in [0, 0.1) is 10.1 Å². The molecule has 0 aliphatic heterocycles. The molecule has 0 spiro atoms. The van der Waals surface area contributed by atoms with Crippen LogP contribution in [0.25, 0.3) is 0 Å². The number of oxime groups is 1. The maximum atomic E-state index is 12.7. The van der Waals surface area contributed by atoms with Crippen LogP contribution in [0.3, 0.4) is 0 Å². The normalized spacial score (nSPS) is 12.6. The zero-order valence-electron chi connectivity index (χ0n) is 9.23. The van der Waals surface area contributed by atoms with Gasteiger partial charge < -0.3 is 5.21 Å². The first-order chi connectivity index (χ1) is 8.25. The minimum atomic E-state index is -4.70. The summed E-state index contributed by atoms with van der Waals surface area (Å²) in [6.07, 6.45) is -4.93. The fraction of sp³-hybridized carbons (Fsp3) is 0.300. The minimum Gasteiger partial charge on any atom is -0.411 e. The molecule has 18 heavy (non-hydrogen) atoms. The molecule has 1 rings (SSSR count). The fourth-order valence-corrected chi connectivity index (χ4v) is 1.41. The SMILES string of the molecule is CC(Cc1ccc([N+](=O)[O-])cc1C(F)(F)F)=NO. The van der Waals surface area contributed by atoms with Gasteiger partial charge in [-0.25, -0.2) is 0 Å². The van der Waals surface area contributed by atoms with Gasteiger partial charge >= 0.3 is 6.18 Å². The predicted octanol–water partition coefficient (Wildman–Crippen LogP) is 3.01. The summed E-state index contributed by atoms with van der Waals surface area (Å²) >= 11 is 0. The number of alkyl halides is 3. The second kappa shape index (κ2) is 5.03. The molecule has 0 saturated carbocycles. The maximum absolute atomic E-state index is 12.7. The number of rotatable bonds is 3. The van der Waals surface area contributed by atoms with Crippen LogP contribution in [0.15, 0.2) is 23.4 Å². The van der Waals surface area contributed by atoms with E-state index < -0.39 is 22.4 Å². The second-order valence-corrected chi connectivity index (χ2v) is 3.61. The van der Waals surface area contributed by atoms with Crippen molar-refractivity contribution in [1.82, 2.24) is 0 Å². The number of nitro groups is 1. The highest BCUT2D eigenvalue weighted by Gasteiger charge is 2.34. The number of hydrogen-bond acceptors (Lipinski definition) is 4. The highest BCUT2D eigenvalue weighted by molar-refractivity contribution is 5.84. The van der Waals surface area contributed by atoms with Gasteiger partial charge in [0.25, 0.3) is 5.69 Å². The van der Waals surface area contributed by atoms with Crippen molar-refractivity contribution in [2.24, 2.45) is 5.16 Å². The summed E-state index contributed by atoms with van der Waals surface area (Å²) in [5.74, 6) is 0. The number of hydrogen-bond donors (Lipinski definition) is 1. The summed E-state index contributed by atoms with van der Waals surface area (Å²) in [5, 5.41) is 21.7. The fourth-order valence-electron chi connectivity index (χ4n) is 1.41. The van der Waals surface area contributed by atoms with Gasteiger partial charge in [0.1, 0.15) is 0 Å². The second-order valence-electron chi connectivity index (χ2n) is 3.61. The molecular formula is C10H9F3N2O3. The molecule has 0 fully saturated rings. The summed E-state index contributed by atoms with van der Waals surface area (Å²) in [4.78, 5) is 9.55. The molecule has 0 bridgehead atoms. The zero-order chi connectivity index (χ0) is 13.9. The summed E-state index contributed by atoms with van der Waals surface area (Å²) in [6.45, 7) is 1.35. The van der Waals surface area contributed by atoms with Crippen molar-refractivity contribution in [3.63, 3.8) is 0 Å². The molecule has 98 valence electrons. The molecule has 1 aromatic rings. The van der Waals surface area contributed by atoms with E-state index >= 15 is 0 Å². The van der Waals surface area contributed by atoms with Crippen LogP contribution in [-0.2, 0) is 12.6 Å². The number of non-ortho nitro benzene ring substituents is 1. The molecule has 0 atom stereocenters. The molecule has 8 heteroatoms. The third-order valence-electron chi connectivity index (χ3n) is 2.23. The van der Waals surface area contributed by atoms with E-state index in [0.717, 1.165) is 12.1 Å². The van der Waals surface area contributed by atoms with Gasteiger partial charge in [0.15, 0.2) is 0 Å². The van der Waals surface area contributed by atoms with Gasteiger partial charge in [0.05, 0.1) is 16.2 Å². The van der Waals surface area contributed by atoms with Gasteiger partial charge in [0.2, 0.25) is 0 Å². The van der Waals surface area contributed by atoms with Crippen molar-refractivity contribution in [2.75, 3.05) is 0 Å². The van der Waals surface area contributed by atoms with Gasteiger partial charge in [0, 0.05) is 18.6 Å². The lowest BCUT2D eigenvalue weighted by molar-refractivity contribution is -0.385. The van der Waals surface area contributed by atoms with Crippen LogP contribution in [0.4, 0.5) is 18.9 Å². The van der Waals surface area contributed by atoms with E-state index in [2.05, 4.69) is 5.16 Å². The number of halogens is 3. The smallest absolute Gasteiger partial charge is 0.411 e. The van der Waals surface area contributed by atoms with Crippen molar-refractivity contribution in [2.45, 2.75) is 19.5 Å². The van der Waals surface area contributed by atoms with Crippen LogP contribution >= 0.6 is 0 Å². The predicted molar refractivity (Wildman–Crippen MR) is 56.7 cm³/mol. The first-order valence-electron chi connectivity index (χ1n) is 4.77. The molecule has 1 N–H and O–H groups in total. The van der Waals surface area contributed by atoms with E-state index in [1.165, 1.54) is 6.92 Å². The van der Waals surface area contributed by atoms with E-state index in [1.54, 1.807) is 0 Å². The Balaban J connectivity index is 3.30. The first-order valence-corrected chi connectivity index (χ1v) is 4.77. The lowest BCUT2D eigenvalue weighted by atomic mass is 10.0. The molecule has 5 nitrogen and oxygen atoms in total. The Morgan fingerprint density at radius 3 is 2.56 bits per heavy atom. The van der Waals surface area contributed by atoms with Crippen molar-refractivity contribution >= 4 is 11.4 Å². The Morgan fingerprint density at radius 2 is 2.11 bits per heavy atom. The van der Waals surface area contributed by atoms with Crippen molar-refractivity contribution in [1.29, 1.82) is 0 Å². The topological polar surface area (TPSA) is 75.7 Å². The van der Waals surface area contributed by atoms with E-state index in [0.29, 0.717) is 6.07 Å². The Bertz CT molecular complexity index is 498. The molecule has 0 unspecified atom stereocenters. The van der Waals surface area contributed by atoms with E-state index in [9.17, 15) is 23.3 Å². The maximum Gasteiger partial charge on any atom is 0.416 e. The minimum absolute atomic E-state index is 0.0781. The van der Waals surface area contributed by atoms with Crippen molar-refractivity contribution in [3.05, 3.63) is 39.4 Å². The average Bonchev–Trinajstić information content (AvgIpc) is 2.27. The largest absolute Gasteiger partial charge is 0.416 e. The van der Waals surface area contributed by atoms with Gasteiger partial charge in [-0.05, 0) is 12.5 Å². The van der Waals surface area contributed by atoms with Crippen LogP contribution in [0.2, 0.25) is 0 Å². The molecule has 0 amide bonds. The van der Waals surface area contributed by atoms with E-state index in [4.69, 9.17) is 5.21 Å². The molecule has 0 aliphatic rings. The average molecular weight is 262 g/mol. The number of nitro benzene ring substituents is 1. The molecule has 0 aromatic heterocycles. The van der Waals surface area contributed by atoms with Crippen molar-refractivity contribution in [3.8, 4) is 0 Å². The van der Waals surface area contributed by atoms with Crippen LogP contribution in [-0.4, -0.2) is 15.8 Å². The molecule has 1 aromatic carbocycles.